The molecule has 0 N–H and O–H groups in total. The minimum absolute atomic E-state index is 0.164. The van der Waals surface area contributed by atoms with E-state index in [1.165, 1.54) is 49.6 Å². The Labute approximate surface area is 188 Å². The second-order valence-corrected chi connectivity index (χ2v) is 9.30. The number of rotatable bonds is 5. The Balaban J connectivity index is 1.57. The molecule has 0 spiro atoms. The predicted molar refractivity (Wildman–Crippen MR) is 125 cm³/mol. The maximum Gasteiger partial charge on any atom is 0.187 e. The first-order chi connectivity index (χ1) is 14.9. The van der Waals surface area contributed by atoms with Crippen LogP contribution in [-0.4, -0.2) is 35.2 Å². The van der Waals surface area contributed by atoms with Crippen molar-refractivity contribution in [3.05, 3.63) is 47.0 Å². The molecule has 0 saturated heterocycles. The molecule has 1 fully saturated rings. The molecule has 2 aliphatic rings. The van der Waals surface area contributed by atoms with Crippen LogP contribution in [-0.2, 0) is 4.79 Å². The van der Waals surface area contributed by atoms with Crippen molar-refractivity contribution >= 4 is 28.9 Å². The summed E-state index contributed by atoms with van der Waals surface area (Å²) in [5.41, 5.74) is 4.38. The fraction of sp³-hybridized carbons (Fsp3) is 0.458. The third-order valence-electron chi connectivity index (χ3n) is 6.48. The summed E-state index contributed by atoms with van der Waals surface area (Å²) < 4.78 is 2.33. The molecular weight excluding hydrogens is 406 g/mol. The average molecular weight is 436 g/mol. The molecule has 6 nitrogen and oxygen atoms in total. The number of imidazole rings is 1. The lowest BCUT2D eigenvalue weighted by Crippen LogP contribution is -2.26. The zero-order valence-electron chi connectivity index (χ0n) is 18.7. The number of aryl methyl sites for hydroxylation is 1. The monoisotopic (exact) mass is 435 g/mol. The lowest BCUT2D eigenvalue weighted by molar-refractivity contribution is -0.112. The fourth-order valence-corrected chi connectivity index (χ4v) is 5.76. The van der Waals surface area contributed by atoms with Gasteiger partial charge >= 0.3 is 0 Å². The number of Topliss-reactive ketones (excluding diaryl/α,β-unsaturated/α-hetero) is 1. The van der Waals surface area contributed by atoms with Crippen LogP contribution in [0.15, 0.2) is 40.8 Å². The number of fused-ring (bicyclic) bond motifs is 1. The number of aromatic nitrogens is 2. The van der Waals surface area contributed by atoms with Gasteiger partial charge in [0.15, 0.2) is 10.9 Å². The average Bonchev–Trinajstić information content (AvgIpc) is 3.21. The van der Waals surface area contributed by atoms with Crippen molar-refractivity contribution in [2.24, 2.45) is 0 Å². The molecule has 0 amide bonds. The van der Waals surface area contributed by atoms with E-state index < -0.39 is 0 Å². The van der Waals surface area contributed by atoms with Crippen LogP contribution in [0.3, 0.4) is 0 Å². The SMILES string of the molecule is Cc1nc(SCC(=O)C(C#N)=C2N(C)c3ccccc3N2C)n(C2CCCCC2)c1C. The van der Waals surface area contributed by atoms with E-state index in [0.29, 0.717) is 11.9 Å². The highest BCUT2D eigenvalue weighted by molar-refractivity contribution is 7.99. The lowest BCUT2D eigenvalue weighted by atomic mass is 9.95. The van der Waals surface area contributed by atoms with Gasteiger partial charge in [-0.3, -0.25) is 4.79 Å². The Bertz CT molecular complexity index is 1040. The molecule has 31 heavy (non-hydrogen) atoms. The first-order valence-corrected chi connectivity index (χ1v) is 11.8. The second kappa shape index (κ2) is 8.80. The highest BCUT2D eigenvalue weighted by atomic mass is 32.2. The van der Waals surface area contributed by atoms with Crippen LogP contribution in [0.5, 0.6) is 0 Å². The summed E-state index contributed by atoms with van der Waals surface area (Å²) in [6.07, 6.45) is 6.12. The number of allylic oxidation sites excluding steroid dienone is 1. The number of carbonyl (C=O) groups excluding carboxylic acids is 1. The lowest BCUT2D eigenvalue weighted by Gasteiger charge is -2.26. The van der Waals surface area contributed by atoms with Gasteiger partial charge in [0.05, 0.1) is 22.8 Å². The second-order valence-electron chi connectivity index (χ2n) is 8.36. The van der Waals surface area contributed by atoms with E-state index in [1.54, 1.807) is 0 Å². The molecule has 1 aromatic carbocycles. The van der Waals surface area contributed by atoms with Crippen molar-refractivity contribution in [1.29, 1.82) is 5.26 Å². The number of thioether (sulfide) groups is 1. The van der Waals surface area contributed by atoms with Crippen molar-refractivity contribution in [3.8, 4) is 6.07 Å². The van der Waals surface area contributed by atoms with Crippen LogP contribution in [0.2, 0.25) is 0 Å². The first-order valence-electron chi connectivity index (χ1n) is 10.9. The van der Waals surface area contributed by atoms with Gasteiger partial charge in [0.2, 0.25) is 0 Å². The van der Waals surface area contributed by atoms with Gasteiger partial charge in [0, 0.05) is 25.8 Å². The van der Waals surface area contributed by atoms with Crippen LogP contribution in [0, 0.1) is 25.2 Å². The zero-order chi connectivity index (χ0) is 22.1. The van der Waals surface area contributed by atoms with Crippen LogP contribution in [0.1, 0.15) is 49.5 Å². The summed E-state index contributed by atoms with van der Waals surface area (Å²) in [7, 11) is 3.80. The van der Waals surface area contributed by atoms with E-state index in [-0.39, 0.29) is 17.1 Å². The molecule has 4 rings (SSSR count). The zero-order valence-corrected chi connectivity index (χ0v) is 19.5. The van der Waals surface area contributed by atoms with Gasteiger partial charge < -0.3 is 14.4 Å². The Kier molecular flexibility index (Phi) is 6.10. The normalized spacial score (nSPS) is 16.4. The number of ketones is 1. The summed E-state index contributed by atoms with van der Waals surface area (Å²) in [5.74, 6) is 0.673. The van der Waals surface area contributed by atoms with Gasteiger partial charge in [-0.2, -0.15) is 5.26 Å². The number of carbonyl (C=O) groups is 1. The minimum Gasteiger partial charge on any atom is -0.328 e. The summed E-state index contributed by atoms with van der Waals surface area (Å²) >= 11 is 1.45. The molecule has 162 valence electrons. The molecule has 7 heteroatoms. The summed E-state index contributed by atoms with van der Waals surface area (Å²) in [6, 6.07) is 10.6. The first kappa shape index (κ1) is 21.5. The topological polar surface area (TPSA) is 65.2 Å². The van der Waals surface area contributed by atoms with Crippen molar-refractivity contribution in [1.82, 2.24) is 9.55 Å². The van der Waals surface area contributed by atoms with Gasteiger partial charge in [-0.1, -0.05) is 43.2 Å². The summed E-state index contributed by atoms with van der Waals surface area (Å²) in [4.78, 5) is 21.8. The van der Waals surface area contributed by atoms with E-state index in [0.717, 1.165) is 22.2 Å². The number of nitriles is 1. The van der Waals surface area contributed by atoms with Crippen molar-refractivity contribution in [2.75, 3.05) is 29.6 Å². The number of anilines is 2. The molecule has 1 aromatic heterocycles. The van der Waals surface area contributed by atoms with Crippen LogP contribution in [0.25, 0.3) is 0 Å². The molecular formula is C24H29N5OS. The van der Waals surface area contributed by atoms with E-state index in [1.807, 2.05) is 55.1 Å². The summed E-state index contributed by atoms with van der Waals surface area (Å²) in [5, 5.41) is 10.8. The molecule has 0 radical (unpaired) electrons. The molecule has 1 saturated carbocycles. The van der Waals surface area contributed by atoms with Gasteiger partial charge in [-0.05, 0) is 38.8 Å². The van der Waals surface area contributed by atoms with Crippen LogP contribution < -0.4 is 9.80 Å². The highest BCUT2D eigenvalue weighted by Gasteiger charge is 2.31. The molecule has 1 aliphatic heterocycles. The number of hydrogen-bond donors (Lipinski definition) is 0. The van der Waals surface area contributed by atoms with Crippen molar-refractivity contribution in [3.63, 3.8) is 0 Å². The summed E-state index contributed by atoms with van der Waals surface area (Å²) in [6.45, 7) is 4.15. The molecule has 0 atom stereocenters. The fourth-order valence-electron chi connectivity index (χ4n) is 4.73. The number of benzene rings is 1. The van der Waals surface area contributed by atoms with E-state index in [9.17, 15) is 10.1 Å². The van der Waals surface area contributed by atoms with Crippen LogP contribution >= 0.6 is 11.8 Å². The van der Waals surface area contributed by atoms with Gasteiger partial charge in [0.25, 0.3) is 0 Å². The Morgan fingerprint density at radius 2 is 1.74 bits per heavy atom. The Hall–Kier alpha value is -2.72. The highest BCUT2D eigenvalue weighted by Crippen LogP contribution is 2.41. The quantitative estimate of drug-likeness (QED) is 0.375. The molecule has 2 heterocycles. The largest absolute Gasteiger partial charge is 0.328 e. The van der Waals surface area contributed by atoms with Crippen molar-refractivity contribution < 1.29 is 4.79 Å². The molecule has 2 aromatic rings. The third kappa shape index (κ3) is 3.85. The number of nitrogens with zero attached hydrogens (tertiary/aromatic N) is 5. The number of para-hydroxylation sites is 2. The van der Waals surface area contributed by atoms with E-state index in [2.05, 4.69) is 17.6 Å². The maximum absolute atomic E-state index is 13.2. The van der Waals surface area contributed by atoms with Crippen molar-refractivity contribution in [2.45, 2.75) is 57.1 Å². The van der Waals surface area contributed by atoms with Gasteiger partial charge in [-0.15, -0.1) is 0 Å². The third-order valence-corrected chi connectivity index (χ3v) is 7.43. The maximum atomic E-state index is 13.2. The number of hydrogen-bond acceptors (Lipinski definition) is 6. The standard InChI is InChI=1S/C24H29N5OS/c1-16-17(2)29(18-10-6-5-7-11-18)24(26-16)31-15-22(30)19(14-25)23-27(3)20-12-8-9-13-21(20)28(23)4/h8-9,12-13,18H,5-7,10-11,15H2,1-4H3. The minimum atomic E-state index is -0.164. The smallest absolute Gasteiger partial charge is 0.187 e. The van der Waals surface area contributed by atoms with E-state index >= 15 is 0 Å². The molecule has 1 aliphatic carbocycles. The van der Waals surface area contributed by atoms with E-state index in [4.69, 9.17) is 4.98 Å². The molecule has 0 unspecified atom stereocenters. The van der Waals surface area contributed by atoms with Gasteiger partial charge in [0.1, 0.15) is 17.5 Å². The van der Waals surface area contributed by atoms with Crippen LogP contribution in [0.4, 0.5) is 11.4 Å². The Morgan fingerprint density at radius 3 is 2.32 bits per heavy atom. The molecule has 0 bridgehead atoms. The van der Waals surface area contributed by atoms with Gasteiger partial charge in [-0.25, -0.2) is 4.98 Å². The predicted octanol–water partition coefficient (Wildman–Crippen LogP) is 4.99. The Morgan fingerprint density at radius 1 is 1.13 bits per heavy atom.